The van der Waals surface area contributed by atoms with Gasteiger partial charge >= 0.3 is 0 Å². The van der Waals surface area contributed by atoms with Crippen LogP contribution in [0.1, 0.15) is 10.4 Å². The first kappa shape index (κ1) is 14.7. The van der Waals surface area contributed by atoms with Crippen LogP contribution in [0.4, 0.5) is 4.39 Å². The molecule has 0 aliphatic heterocycles. The van der Waals surface area contributed by atoms with Crippen molar-refractivity contribution in [3.8, 4) is 0 Å². The molecule has 0 aliphatic rings. The molecule has 0 saturated carbocycles. The summed E-state index contributed by atoms with van der Waals surface area (Å²) >= 11 is 0. The van der Waals surface area contributed by atoms with Crippen molar-refractivity contribution in [1.29, 1.82) is 0 Å². The number of rotatable bonds is 6. The molecular formula is C12H15FN4O2. The molecule has 0 spiro atoms. The van der Waals surface area contributed by atoms with Gasteiger partial charge in [0, 0.05) is 11.1 Å². The van der Waals surface area contributed by atoms with E-state index >= 15 is 0 Å². The molecule has 0 radical (unpaired) electrons. The first-order valence-electron chi connectivity index (χ1n) is 5.44. The van der Waals surface area contributed by atoms with Gasteiger partial charge in [-0.25, -0.2) is 14.9 Å². The second-order valence-electron chi connectivity index (χ2n) is 3.59. The number of amides is 1. The van der Waals surface area contributed by atoms with E-state index in [1.165, 1.54) is 0 Å². The highest BCUT2D eigenvalue weighted by Crippen LogP contribution is 1.99. The molecule has 6 nitrogen and oxygen atoms in total. The van der Waals surface area contributed by atoms with E-state index in [0.717, 1.165) is 0 Å². The third kappa shape index (κ3) is 5.64. The van der Waals surface area contributed by atoms with Crippen LogP contribution in [0, 0.1) is 0 Å². The van der Waals surface area contributed by atoms with Crippen molar-refractivity contribution in [1.82, 2.24) is 5.48 Å². The zero-order valence-corrected chi connectivity index (χ0v) is 10.2. The van der Waals surface area contributed by atoms with Crippen LogP contribution in [0.3, 0.4) is 0 Å². The standard InChI is InChI=1S/C12H15FN4O2/c13-6-9(7-16-12(14)15)8-19-17-11(18)10-4-2-1-3-5-10/h1-6H,7-8H2,(H,17,18)(H4,14,15,16)/b9-6-. The molecule has 7 heteroatoms. The van der Waals surface area contributed by atoms with Crippen LogP contribution in [0.2, 0.25) is 0 Å². The van der Waals surface area contributed by atoms with Gasteiger partial charge in [0.15, 0.2) is 5.96 Å². The third-order valence-electron chi connectivity index (χ3n) is 2.08. The van der Waals surface area contributed by atoms with Gasteiger partial charge in [0.05, 0.1) is 12.9 Å². The van der Waals surface area contributed by atoms with E-state index in [4.69, 9.17) is 16.3 Å². The molecule has 0 aliphatic carbocycles. The molecule has 0 unspecified atom stereocenters. The Morgan fingerprint density at radius 3 is 2.63 bits per heavy atom. The van der Waals surface area contributed by atoms with Gasteiger partial charge in [-0.2, -0.15) is 0 Å². The first-order chi connectivity index (χ1) is 9.13. The summed E-state index contributed by atoms with van der Waals surface area (Å²) in [5.74, 6) is -0.562. The molecule has 0 bridgehead atoms. The Bertz CT molecular complexity index is 470. The van der Waals surface area contributed by atoms with E-state index in [2.05, 4.69) is 10.5 Å². The number of guanidine groups is 1. The lowest BCUT2D eigenvalue weighted by Crippen LogP contribution is -2.26. The predicted octanol–water partition coefficient (Wildman–Crippen LogP) is 0.475. The van der Waals surface area contributed by atoms with E-state index in [1.807, 2.05) is 0 Å². The van der Waals surface area contributed by atoms with E-state index < -0.39 is 5.91 Å². The molecule has 0 fully saturated rings. The van der Waals surface area contributed by atoms with Gasteiger partial charge in [0.1, 0.15) is 6.61 Å². The second kappa shape index (κ2) is 7.83. The van der Waals surface area contributed by atoms with E-state index in [0.29, 0.717) is 11.9 Å². The Kier molecular flexibility index (Phi) is 6.04. The largest absolute Gasteiger partial charge is 0.370 e. The van der Waals surface area contributed by atoms with Crippen molar-refractivity contribution in [2.24, 2.45) is 16.5 Å². The molecular weight excluding hydrogens is 251 g/mol. The molecule has 0 aromatic heterocycles. The fraction of sp³-hybridized carbons (Fsp3) is 0.167. The Morgan fingerprint density at radius 2 is 2.05 bits per heavy atom. The molecule has 102 valence electrons. The van der Waals surface area contributed by atoms with Gasteiger partial charge in [-0.1, -0.05) is 18.2 Å². The van der Waals surface area contributed by atoms with Crippen LogP contribution >= 0.6 is 0 Å². The first-order valence-corrected chi connectivity index (χ1v) is 5.44. The lowest BCUT2D eigenvalue weighted by Gasteiger charge is -2.06. The third-order valence-corrected chi connectivity index (χ3v) is 2.08. The molecule has 1 rings (SSSR count). The van der Waals surface area contributed by atoms with Crippen molar-refractivity contribution in [2.75, 3.05) is 13.2 Å². The molecule has 1 aromatic carbocycles. The molecule has 1 aromatic rings. The van der Waals surface area contributed by atoms with Crippen LogP contribution in [0.5, 0.6) is 0 Å². The molecule has 0 heterocycles. The summed E-state index contributed by atoms with van der Waals surface area (Å²) in [5.41, 5.74) is 13.1. The zero-order chi connectivity index (χ0) is 14.1. The van der Waals surface area contributed by atoms with Gasteiger partial charge in [-0.05, 0) is 12.1 Å². The highest BCUT2D eigenvalue weighted by atomic mass is 19.1. The normalized spacial score (nSPS) is 10.9. The summed E-state index contributed by atoms with van der Waals surface area (Å²) < 4.78 is 12.4. The quantitative estimate of drug-likeness (QED) is 0.395. The topological polar surface area (TPSA) is 103 Å². The molecule has 0 saturated heterocycles. The number of benzene rings is 1. The predicted molar refractivity (Wildman–Crippen MR) is 69.7 cm³/mol. The number of nitrogens with two attached hydrogens (primary N) is 2. The summed E-state index contributed by atoms with van der Waals surface area (Å²) in [7, 11) is 0. The number of nitrogens with one attached hydrogen (secondary N) is 1. The number of hydrogen-bond acceptors (Lipinski definition) is 3. The molecule has 1 amide bonds. The fourth-order valence-electron chi connectivity index (χ4n) is 1.15. The zero-order valence-electron chi connectivity index (χ0n) is 10.2. The monoisotopic (exact) mass is 266 g/mol. The van der Waals surface area contributed by atoms with Gasteiger partial charge in [-0.15, -0.1) is 0 Å². The summed E-state index contributed by atoms with van der Waals surface area (Å²) in [6.45, 7) is -0.175. The fourth-order valence-corrected chi connectivity index (χ4v) is 1.15. The number of carbonyl (C=O) groups is 1. The van der Waals surface area contributed by atoms with E-state index in [1.54, 1.807) is 30.3 Å². The van der Waals surface area contributed by atoms with E-state index in [9.17, 15) is 9.18 Å². The van der Waals surface area contributed by atoms with Crippen molar-refractivity contribution in [3.63, 3.8) is 0 Å². The van der Waals surface area contributed by atoms with Crippen molar-refractivity contribution in [3.05, 3.63) is 47.8 Å². The number of halogens is 1. The number of nitrogens with zero attached hydrogens (tertiary/aromatic N) is 1. The highest BCUT2D eigenvalue weighted by molar-refractivity contribution is 5.93. The van der Waals surface area contributed by atoms with Gasteiger partial charge < -0.3 is 11.5 Å². The average Bonchev–Trinajstić information content (AvgIpc) is 2.43. The second-order valence-corrected chi connectivity index (χ2v) is 3.59. The lowest BCUT2D eigenvalue weighted by atomic mass is 10.2. The summed E-state index contributed by atoms with van der Waals surface area (Å²) in [6.07, 6.45) is 0.334. The molecule has 19 heavy (non-hydrogen) atoms. The lowest BCUT2D eigenvalue weighted by molar-refractivity contribution is 0.0395. The minimum atomic E-state index is -0.416. The van der Waals surface area contributed by atoms with Crippen LogP contribution < -0.4 is 16.9 Å². The van der Waals surface area contributed by atoms with Crippen LogP contribution in [0.15, 0.2) is 47.2 Å². The minimum Gasteiger partial charge on any atom is -0.370 e. The van der Waals surface area contributed by atoms with Crippen LogP contribution in [-0.2, 0) is 4.84 Å². The minimum absolute atomic E-state index is 0.0277. The van der Waals surface area contributed by atoms with Gasteiger partial charge in [0.2, 0.25) is 0 Å². The Hall–Kier alpha value is -2.41. The van der Waals surface area contributed by atoms with Crippen LogP contribution in [-0.4, -0.2) is 25.0 Å². The number of aliphatic imine (C=N–C) groups is 1. The Labute approximate surface area is 109 Å². The molecule has 0 atom stereocenters. The summed E-state index contributed by atoms with van der Waals surface area (Å²) in [6, 6.07) is 8.49. The van der Waals surface area contributed by atoms with Crippen LogP contribution in [0.25, 0.3) is 0 Å². The van der Waals surface area contributed by atoms with Gasteiger partial charge in [-0.3, -0.25) is 9.63 Å². The number of carbonyl (C=O) groups excluding carboxylic acids is 1. The Balaban J connectivity index is 2.37. The van der Waals surface area contributed by atoms with E-state index in [-0.39, 0.29) is 24.7 Å². The Morgan fingerprint density at radius 1 is 1.37 bits per heavy atom. The maximum atomic E-state index is 12.4. The van der Waals surface area contributed by atoms with Crippen molar-refractivity contribution >= 4 is 11.9 Å². The smallest absolute Gasteiger partial charge is 0.274 e. The van der Waals surface area contributed by atoms with Gasteiger partial charge in [0.25, 0.3) is 5.91 Å². The van der Waals surface area contributed by atoms with Crippen molar-refractivity contribution in [2.45, 2.75) is 0 Å². The maximum Gasteiger partial charge on any atom is 0.274 e. The summed E-state index contributed by atoms with van der Waals surface area (Å²) in [5, 5.41) is 0. The number of hydrogen-bond donors (Lipinski definition) is 3. The summed E-state index contributed by atoms with van der Waals surface area (Å²) in [4.78, 5) is 20.1. The maximum absolute atomic E-state index is 12.4. The SMILES string of the molecule is NC(N)=NC/C(=C/F)CONC(=O)c1ccccc1. The highest BCUT2D eigenvalue weighted by Gasteiger charge is 2.05. The van der Waals surface area contributed by atoms with Crippen molar-refractivity contribution < 1.29 is 14.0 Å². The number of hydroxylamine groups is 1. The average molecular weight is 266 g/mol. The molecule has 5 N–H and O–H groups in total.